The minimum atomic E-state index is -0.0419. The lowest BCUT2D eigenvalue weighted by atomic mass is 10.1. The fourth-order valence-corrected chi connectivity index (χ4v) is 2.53. The van der Waals surface area contributed by atoms with Gasteiger partial charge in [0.15, 0.2) is 0 Å². The zero-order valence-corrected chi connectivity index (χ0v) is 12.8. The first-order valence-electron chi connectivity index (χ1n) is 7.24. The van der Waals surface area contributed by atoms with Gasteiger partial charge in [-0.15, -0.1) is 0 Å². The number of fused-ring (bicyclic) bond motifs is 1. The molecule has 1 amide bonds. The Morgan fingerprint density at radius 1 is 0.909 bits per heavy atom. The van der Waals surface area contributed by atoms with E-state index in [2.05, 4.69) is 5.32 Å². The molecule has 0 saturated carbocycles. The second-order valence-corrected chi connectivity index (χ2v) is 5.63. The molecule has 1 N–H and O–H groups in total. The van der Waals surface area contributed by atoms with Crippen molar-refractivity contribution in [2.24, 2.45) is 0 Å². The van der Waals surface area contributed by atoms with Gasteiger partial charge in [-0.3, -0.25) is 4.79 Å². The van der Waals surface area contributed by atoms with E-state index < -0.39 is 0 Å². The Hall–Kier alpha value is -2.32. The molecule has 0 unspecified atom stereocenters. The van der Waals surface area contributed by atoms with Crippen LogP contribution in [0.15, 0.2) is 66.7 Å². The fraction of sp³-hybridized carbons (Fsp3) is 0.105. The summed E-state index contributed by atoms with van der Waals surface area (Å²) in [4.78, 5) is 12.2. The quantitative estimate of drug-likeness (QED) is 0.757. The molecule has 2 nitrogen and oxygen atoms in total. The van der Waals surface area contributed by atoms with Crippen LogP contribution in [-0.4, -0.2) is 12.5 Å². The summed E-state index contributed by atoms with van der Waals surface area (Å²) in [6.07, 6.45) is 0.788. The van der Waals surface area contributed by atoms with E-state index in [1.165, 1.54) is 0 Å². The summed E-state index contributed by atoms with van der Waals surface area (Å²) in [6.45, 7) is 0.604. The van der Waals surface area contributed by atoms with Gasteiger partial charge in [0.25, 0.3) is 5.91 Å². The molecule has 0 aromatic heterocycles. The first kappa shape index (κ1) is 14.6. The first-order chi connectivity index (χ1) is 10.7. The predicted octanol–water partition coefficient (Wildman–Crippen LogP) is 4.47. The number of amides is 1. The molecule has 0 aliphatic carbocycles. The molecule has 110 valence electrons. The maximum atomic E-state index is 12.2. The van der Waals surface area contributed by atoms with E-state index in [4.69, 9.17) is 11.6 Å². The number of hydrogen-bond donors (Lipinski definition) is 1. The number of nitrogens with one attached hydrogen (secondary N) is 1. The minimum absolute atomic E-state index is 0.0419. The van der Waals surface area contributed by atoms with Crippen LogP contribution >= 0.6 is 11.6 Å². The highest BCUT2D eigenvalue weighted by Gasteiger charge is 2.05. The Morgan fingerprint density at radius 3 is 2.41 bits per heavy atom. The van der Waals surface area contributed by atoms with Gasteiger partial charge in [0.2, 0.25) is 0 Å². The highest BCUT2D eigenvalue weighted by molar-refractivity contribution is 6.30. The molecule has 3 aromatic carbocycles. The van der Waals surface area contributed by atoms with E-state index in [1.54, 1.807) is 0 Å². The van der Waals surface area contributed by atoms with Crippen molar-refractivity contribution in [3.63, 3.8) is 0 Å². The van der Waals surface area contributed by atoms with E-state index in [0.29, 0.717) is 12.1 Å². The molecule has 22 heavy (non-hydrogen) atoms. The van der Waals surface area contributed by atoms with Crippen molar-refractivity contribution >= 4 is 28.3 Å². The highest BCUT2D eigenvalue weighted by atomic mass is 35.5. The average molecular weight is 310 g/mol. The number of carbonyl (C=O) groups is 1. The highest BCUT2D eigenvalue weighted by Crippen LogP contribution is 2.15. The fourth-order valence-electron chi connectivity index (χ4n) is 2.40. The lowest BCUT2D eigenvalue weighted by molar-refractivity contribution is 0.0954. The summed E-state index contributed by atoms with van der Waals surface area (Å²) < 4.78 is 0. The largest absolute Gasteiger partial charge is 0.352 e. The third kappa shape index (κ3) is 3.46. The van der Waals surface area contributed by atoms with E-state index in [9.17, 15) is 4.79 Å². The van der Waals surface area contributed by atoms with Gasteiger partial charge in [-0.2, -0.15) is 0 Å². The van der Waals surface area contributed by atoms with Gasteiger partial charge in [-0.05, 0) is 47.0 Å². The van der Waals surface area contributed by atoms with Crippen LogP contribution in [0.25, 0.3) is 10.8 Å². The molecular weight excluding hydrogens is 294 g/mol. The summed E-state index contributed by atoms with van der Waals surface area (Å²) in [7, 11) is 0. The lowest BCUT2D eigenvalue weighted by Crippen LogP contribution is -2.25. The van der Waals surface area contributed by atoms with Gasteiger partial charge in [0.05, 0.1) is 0 Å². The number of carbonyl (C=O) groups excluding carboxylic acids is 1. The van der Waals surface area contributed by atoms with Gasteiger partial charge >= 0.3 is 0 Å². The van der Waals surface area contributed by atoms with Crippen LogP contribution in [-0.2, 0) is 6.42 Å². The summed E-state index contributed by atoms with van der Waals surface area (Å²) in [6, 6.07) is 21.5. The third-order valence-electron chi connectivity index (χ3n) is 3.62. The average Bonchev–Trinajstić information content (AvgIpc) is 2.56. The zero-order valence-electron chi connectivity index (χ0n) is 12.1. The maximum Gasteiger partial charge on any atom is 0.251 e. The van der Waals surface area contributed by atoms with Crippen molar-refractivity contribution in [1.29, 1.82) is 0 Å². The van der Waals surface area contributed by atoms with Gasteiger partial charge in [0, 0.05) is 17.1 Å². The molecule has 3 aromatic rings. The molecule has 0 aliphatic heterocycles. The molecule has 0 aliphatic rings. The Morgan fingerprint density at radius 2 is 1.64 bits per heavy atom. The number of hydrogen-bond acceptors (Lipinski definition) is 1. The van der Waals surface area contributed by atoms with Gasteiger partial charge < -0.3 is 5.32 Å². The summed E-state index contributed by atoms with van der Waals surface area (Å²) in [5.41, 5.74) is 1.85. The summed E-state index contributed by atoms with van der Waals surface area (Å²) in [5.74, 6) is -0.0419. The first-order valence-corrected chi connectivity index (χ1v) is 7.61. The van der Waals surface area contributed by atoms with E-state index in [0.717, 1.165) is 27.8 Å². The molecule has 0 bridgehead atoms. The van der Waals surface area contributed by atoms with Crippen LogP contribution in [0.4, 0.5) is 0 Å². The van der Waals surface area contributed by atoms with E-state index in [1.807, 2.05) is 66.7 Å². The molecule has 3 heteroatoms. The van der Waals surface area contributed by atoms with Crippen LogP contribution in [0, 0.1) is 0 Å². The topological polar surface area (TPSA) is 29.1 Å². The molecular formula is C19H16ClNO. The third-order valence-corrected chi connectivity index (χ3v) is 3.88. The van der Waals surface area contributed by atoms with Crippen molar-refractivity contribution in [1.82, 2.24) is 5.32 Å². The molecule has 0 radical (unpaired) electrons. The summed E-state index contributed by atoms with van der Waals surface area (Å²) in [5, 5.41) is 5.90. The lowest BCUT2D eigenvalue weighted by Gasteiger charge is -2.07. The van der Waals surface area contributed by atoms with Crippen molar-refractivity contribution in [2.45, 2.75) is 6.42 Å². The Bertz CT molecular complexity index is 796. The van der Waals surface area contributed by atoms with Gasteiger partial charge in [0.1, 0.15) is 0 Å². The second kappa shape index (κ2) is 6.63. The van der Waals surface area contributed by atoms with E-state index >= 15 is 0 Å². The van der Waals surface area contributed by atoms with Gasteiger partial charge in [-0.1, -0.05) is 54.1 Å². The molecule has 0 spiro atoms. The van der Waals surface area contributed by atoms with E-state index in [-0.39, 0.29) is 5.91 Å². The number of halogens is 1. The molecule has 0 atom stereocenters. The molecule has 3 rings (SSSR count). The predicted molar refractivity (Wildman–Crippen MR) is 91.4 cm³/mol. The van der Waals surface area contributed by atoms with Gasteiger partial charge in [-0.25, -0.2) is 0 Å². The van der Waals surface area contributed by atoms with Crippen LogP contribution in [0.2, 0.25) is 5.02 Å². The Labute approximate surface area is 134 Å². The van der Waals surface area contributed by atoms with Crippen LogP contribution < -0.4 is 5.32 Å². The number of benzene rings is 3. The molecule has 0 heterocycles. The SMILES string of the molecule is O=C(NCCc1ccc(Cl)cc1)c1ccc2ccccc2c1. The van der Waals surface area contributed by atoms with Crippen LogP contribution in [0.1, 0.15) is 15.9 Å². The van der Waals surface area contributed by atoms with Crippen LogP contribution in [0.3, 0.4) is 0 Å². The van der Waals surface area contributed by atoms with Crippen molar-refractivity contribution in [2.75, 3.05) is 6.54 Å². The van der Waals surface area contributed by atoms with Crippen molar-refractivity contribution < 1.29 is 4.79 Å². The Balaban J connectivity index is 1.62. The molecule has 0 saturated heterocycles. The zero-order chi connectivity index (χ0) is 15.4. The maximum absolute atomic E-state index is 12.2. The smallest absolute Gasteiger partial charge is 0.251 e. The van der Waals surface area contributed by atoms with Crippen LogP contribution in [0.5, 0.6) is 0 Å². The summed E-state index contributed by atoms with van der Waals surface area (Å²) >= 11 is 5.85. The van der Waals surface area contributed by atoms with Crippen molar-refractivity contribution in [3.8, 4) is 0 Å². The number of rotatable bonds is 4. The normalized spacial score (nSPS) is 10.6. The van der Waals surface area contributed by atoms with Crippen molar-refractivity contribution in [3.05, 3.63) is 82.9 Å². The molecule has 0 fully saturated rings. The standard InChI is InChI=1S/C19H16ClNO/c20-18-9-5-14(6-10-18)11-12-21-19(22)17-8-7-15-3-1-2-4-16(15)13-17/h1-10,13H,11-12H2,(H,21,22). The Kier molecular flexibility index (Phi) is 4.40. The minimum Gasteiger partial charge on any atom is -0.352 e. The monoisotopic (exact) mass is 309 g/mol. The second-order valence-electron chi connectivity index (χ2n) is 5.19.